The minimum Gasteiger partial charge on any atom is -0.495 e. The monoisotopic (exact) mass is 373 g/mol. The van der Waals surface area contributed by atoms with E-state index in [0.717, 1.165) is 0 Å². The van der Waals surface area contributed by atoms with Crippen molar-refractivity contribution in [1.82, 2.24) is 0 Å². The summed E-state index contributed by atoms with van der Waals surface area (Å²) in [5.74, 6) is -0.139. The Kier molecular flexibility index (Phi) is 5.90. The lowest BCUT2D eigenvalue weighted by Crippen LogP contribution is -2.19. The van der Waals surface area contributed by atoms with Gasteiger partial charge >= 0.3 is 0 Å². The molecule has 130 valence electrons. The second-order valence-electron chi connectivity index (χ2n) is 4.95. The molecule has 0 unspecified atom stereocenters. The van der Waals surface area contributed by atoms with Crippen LogP contribution < -0.4 is 14.2 Å². The van der Waals surface area contributed by atoms with Gasteiger partial charge < -0.3 is 9.47 Å². The Morgan fingerprint density at radius 1 is 1.12 bits per heavy atom. The van der Waals surface area contributed by atoms with E-state index >= 15 is 0 Å². The van der Waals surface area contributed by atoms with Crippen LogP contribution in [0.1, 0.15) is 5.56 Å². The molecule has 0 aliphatic rings. The Morgan fingerprint density at radius 2 is 1.79 bits per heavy atom. The first-order chi connectivity index (χ1) is 11.4. The molecule has 0 atom stereocenters. The summed E-state index contributed by atoms with van der Waals surface area (Å²) >= 11 is 5.99. The second kappa shape index (κ2) is 7.72. The molecule has 1 N–H and O–H groups in total. The quantitative estimate of drug-likeness (QED) is 0.807. The van der Waals surface area contributed by atoms with E-state index in [1.54, 1.807) is 18.2 Å². The lowest BCUT2D eigenvalue weighted by molar-refractivity contribution is 0.405. The van der Waals surface area contributed by atoms with E-state index in [1.165, 1.54) is 32.4 Å². The average molecular weight is 374 g/mol. The third kappa shape index (κ3) is 4.52. The number of sulfonamides is 1. The van der Waals surface area contributed by atoms with Gasteiger partial charge in [-0.2, -0.15) is 0 Å². The normalized spacial score (nSPS) is 11.2. The summed E-state index contributed by atoms with van der Waals surface area (Å²) in [5.41, 5.74) is 0.538. The molecule has 2 aromatic carbocycles. The Morgan fingerprint density at radius 3 is 2.42 bits per heavy atom. The van der Waals surface area contributed by atoms with Crippen LogP contribution in [-0.4, -0.2) is 28.4 Å². The van der Waals surface area contributed by atoms with Crippen molar-refractivity contribution in [3.05, 3.63) is 52.8 Å². The van der Waals surface area contributed by atoms with Crippen LogP contribution in [0.2, 0.25) is 5.02 Å². The maximum atomic E-state index is 13.6. The first-order valence-electron chi connectivity index (χ1n) is 7.01. The Bertz CT molecular complexity index is 827. The van der Waals surface area contributed by atoms with Crippen LogP contribution >= 0.6 is 11.6 Å². The van der Waals surface area contributed by atoms with Gasteiger partial charge in [0.2, 0.25) is 10.0 Å². The molecule has 0 spiro atoms. The highest BCUT2D eigenvalue weighted by Gasteiger charge is 2.17. The van der Waals surface area contributed by atoms with Gasteiger partial charge in [0.25, 0.3) is 0 Å². The standard InChI is InChI=1S/C16H17ClFNO4S/c1-22-15-10-14(16(23-2)9-12(15)17)19-24(20,21)8-7-11-5-3-4-6-13(11)18/h3-6,9-10,19H,7-8H2,1-2H3. The summed E-state index contributed by atoms with van der Waals surface area (Å²) in [6, 6.07) is 8.94. The number of hydrogen-bond acceptors (Lipinski definition) is 4. The van der Waals surface area contributed by atoms with Crippen molar-refractivity contribution in [2.24, 2.45) is 0 Å². The number of ether oxygens (including phenoxy) is 2. The van der Waals surface area contributed by atoms with E-state index < -0.39 is 15.8 Å². The molecule has 0 saturated carbocycles. The molecular weight excluding hydrogens is 357 g/mol. The van der Waals surface area contributed by atoms with Crippen LogP contribution in [0.3, 0.4) is 0 Å². The Hall–Kier alpha value is -1.99. The summed E-state index contributed by atoms with van der Waals surface area (Å²) in [4.78, 5) is 0. The summed E-state index contributed by atoms with van der Waals surface area (Å²) in [5, 5.41) is 0.295. The van der Waals surface area contributed by atoms with E-state index in [4.69, 9.17) is 21.1 Å². The van der Waals surface area contributed by atoms with Crippen LogP contribution in [0.4, 0.5) is 10.1 Å². The summed E-state index contributed by atoms with van der Waals surface area (Å²) in [6.45, 7) is 0. The topological polar surface area (TPSA) is 64.6 Å². The summed E-state index contributed by atoms with van der Waals surface area (Å²) in [7, 11) is -0.896. The zero-order chi connectivity index (χ0) is 17.7. The number of rotatable bonds is 7. The molecule has 0 aliphatic heterocycles. The fourth-order valence-electron chi connectivity index (χ4n) is 2.10. The minimum atomic E-state index is -3.72. The first kappa shape index (κ1) is 18.4. The molecule has 0 saturated heterocycles. The van der Waals surface area contributed by atoms with Crippen molar-refractivity contribution < 1.29 is 22.3 Å². The SMILES string of the molecule is COc1cc(NS(=O)(=O)CCc2ccccc2F)c(OC)cc1Cl. The molecule has 8 heteroatoms. The molecule has 2 rings (SSSR count). The molecule has 5 nitrogen and oxygen atoms in total. The summed E-state index contributed by atoms with van der Waals surface area (Å²) in [6.07, 6.45) is 0.0506. The van der Waals surface area contributed by atoms with Crippen molar-refractivity contribution >= 4 is 27.3 Å². The zero-order valence-electron chi connectivity index (χ0n) is 13.2. The van der Waals surface area contributed by atoms with Gasteiger partial charge in [-0.15, -0.1) is 0 Å². The predicted molar refractivity (Wildman–Crippen MR) is 92.1 cm³/mol. The van der Waals surface area contributed by atoms with Gasteiger partial charge in [0.05, 0.1) is 30.7 Å². The molecule has 24 heavy (non-hydrogen) atoms. The average Bonchev–Trinajstić information content (AvgIpc) is 2.55. The summed E-state index contributed by atoms with van der Waals surface area (Å²) < 4.78 is 50.8. The zero-order valence-corrected chi connectivity index (χ0v) is 14.7. The lowest BCUT2D eigenvalue weighted by Gasteiger charge is -2.14. The van der Waals surface area contributed by atoms with E-state index in [9.17, 15) is 12.8 Å². The number of hydrogen-bond donors (Lipinski definition) is 1. The fourth-order valence-corrected chi connectivity index (χ4v) is 3.42. The number of methoxy groups -OCH3 is 2. The Labute approximate surface area is 145 Å². The highest BCUT2D eigenvalue weighted by molar-refractivity contribution is 7.92. The number of anilines is 1. The van der Waals surface area contributed by atoms with Gasteiger partial charge in [0.1, 0.15) is 17.3 Å². The lowest BCUT2D eigenvalue weighted by atomic mass is 10.2. The first-order valence-corrected chi connectivity index (χ1v) is 9.04. The van der Waals surface area contributed by atoms with Crippen molar-refractivity contribution in [2.75, 3.05) is 24.7 Å². The van der Waals surface area contributed by atoms with Crippen molar-refractivity contribution in [1.29, 1.82) is 0 Å². The molecular formula is C16H17ClFNO4S. The predicted octanol–water partition coefficient (Wildman–Crippen LogP) is 3.48. The molecule has 0 aromatic heterocycles. The van der Waals surface area contributed by atoms with Gasteiger partial charge in [-0.3, -0.25) is 4.72 Å². The number of benzene rings is 2. The maximum Gasteiger partial charge on any atom is 0.233 e. The highest BCUT2D eigenvalue weighted by atomic mass is 35.5. The van der Waals surface area contributed by atoms with E-state index in [0.29, 0.717) is 16.3 Å². The van der Waals surface area contributed by atoms with E-state index in [-0.39, 0.29) is 23.6 Å². The second-order valence-corrected chi connectivity index (χ2v) is 7.20. The number of nitrogens with one attached hydrogen (secondary N) is 1. The van der Waals surface area contributed by atoms with E-state index in [1.807, 2.05) is 0 Å². The third-order valence-corrected chi connectivity index (χ3v) is 4.91. The van der Waals surface area contributed by atoms with Gasteiger partial charge in [-0.1, -0.05) is 29.8 Å². The third-order valence-electron chi connectivity index (χ3n) is 3.34. The van der Waals surface area contributed by atoms with Gasteiger partial charge in [0.15, 0.2) is 0 Å². The Balaban J connectivity index is 2.18. The maximum absolute atomic E-state index is 13.6. The van der Waals surface area contributed by atoms with Crippen molar-refractivity contribution in [3.8, 4) is 11.5 Å². The molecule has 2 aromatic rings. The van der Waals surface area contributed by atoms with Gasteiger partial charge in [0, 0.05) is 12.1 Å². The van der Waals surface area contributed by atoms with Crippen molar-refractivity contribution in [3.63, 3.8) is 0 Å². The van der Waals surface area contributed by atoms with Crippen LogP contribution in [0.5, 0.6) is 11.5 Å². The molecule has 0 aliphatic carbocycles. The van der Waals surface area contributed by atoms with Crippen LogP contribution in [0.25, 0.3) is 0 Å². The largest absolute Gasteiger partial charge is 0.495 e. The highest BCUT2D eigenvalue weighted by Crippen LogP contribution is 2.36. The smallest absolute Gasteiger partial charge is 0.233 e. The van der Waals surface area contributed by atoms with Gasteiger partial charge in [-0.05, 0) is 18.1 Å². The van der Waals surface area contributed by atoms with E-state index in [2.05, 4.69) is 4.72 Å². The number of halogens is 2. The molecule has 0 radical (unpaired) electrons. The fraction of sp³-hybridized carbons (Fsp3) is 0.250. The number of aryl methyl sites for hydroxylation is 1. The molecule has 0 bridgehead atoms. The van der Waals surface area contributed by atoms with Crippen LogP contribution in [-0.2, 0) is 16.4 Å². The van der Waals surface area contributed by atoms with Gasteiger partial charge in [-0.25, -0.2) is 12.8 Å². The van der Waals surface area contributed by atoms with Crippen molar-refractivity contribution in [2.45, 2.75) is 6.42 Å². The molecule has 0 amide bonds. The molecule has 0 heterocycles. The molecule has 0 fully saturated rings. The minimum absolute atomic E-state index is 0.0506. The van der Waals surface area contributed by atoms with Crippen LogP contribution in [0.15, 0.2) is 36.4 Å². The van der Waals surface area contributed by atoms with Crippen LogP contribution in [0, 0.1) is 5.82 Å².